The number of rotatable bonds is 11. The molecular formula is C34H40F2O. The van der Waals surface area contributed by atoms with Gasteiger partial charge in [-0.2, -0.15) is 4.39 Å². The fourth-order valence-corrected chi connectivity index (χ4v) is 5.49. The average molecular weight is 503 g/mol. The number of unbranched alkanes of at least 4 members (excludes halogenated alkanes) is 2. The van der Waals surface area contributed by atoms with Gasteiger partial charge in [0, 0.05) is 0 Å². The van der Waals surface area contributed by atoms with Crippen LogP contribution >= 0.6 is 0 Å². The number of methoxy groups -OCH3 is 1. The van der Waals surface area contributed by atoms with E-state index in [0.717, 1.165) is 38.5 Å². The molecule has 0 aliphatic heterocycles. The molecule has 3 heteroatoms. The minimum Gasteiger partial charge on any atom is -0.494 e. The summed E-state index contributed by atoms with van der Waals surface area (Å²) in [5, 5.41) is 0. The maximum Gasteiger partial charge on any atom is 0.200 e. The summed E-state index contributed by atoms with van der Waals surface area (Å²) in [6.45, 7) is 2.24. The molecule has 1 fully saturated rings. The van der Waals surface area contributed by atoms with Crippen LogP contribution in [0.25, 0.3) is 11.1 Å². The largest absolute Gasteiger partial charge is 0.494 e. The van der Waals surface area contributed by atoms with Crippen molar-refractivity contribution >= 4 is 0 Å². The number of halogens is 2. The van der Waals surface area contributed by atoms with Crippen LogP contribution < -0.4 is 4.74 Å². The van der Waals surface area contributed by atoms with E-state index in [0.29, 0.717) is 11.5 Å². The molecule has 0 spiro atoms. The second-order valence-electron chi connectivity index (χ2n) is 10.4. The summed E-state index contributed by atoms with van der Waals surface area (Å²) < 4.78 is 33.5. The van der Waals surface area contributed by atoms with Gasteiger partial charge in [-0.25, -0.2) is 4.39 Å². The van der Waals surface area contributed by atoms with Crippen LogP contribution in [0.1, 0.15) is 80.9 Å². The lowest BCUT2D eigenvalue weighted by Gasteiger charge is -2.27. The van der Waals surface area contributed by atoms with Crippen LogP contribution in [-0.4, -0.2) is 7.11 Å². The molecule has 0 N–H and O–H groups in total. The monoisotopic (exact) mass is 502 g/mol. The van der Waals surface area contributed by atoms with Gasteiger partial charge in [0.05, 0.1) is 7.11 Å². The standard InChI is InChI=1S/C34H40F2O/c1-3-4-5-8-25-11-17-28(18-12-25)29-19-13-26(14-20-29)9-6-7-10-27-15-21-30(22-16-27)31-23-24-32(37-2)34(36)33(31)35/h7,10-14,17-20,23-24,27,30H,3-6,8-9,15-16,21-22H2,1-2H3/b10-7+. The molecule has 1 saturated carbocycles. The molecule has 0 unspecified atom stereocenters. The van der Waals surface area contributed by atoms with Crippen molar-refractivity contribution < 1.29 is 13.5 Å². The average Bonchev–Trinajstić information content (AvgIpc) is 2.94. The first-order valence-electron chi connectivity index (χ1n) is 14.0. The Kier molecular flexibility index (Phi) is 9.93. The molecule has 3 aromatic rings. The fourth-order valence-electron chi connectivity index (χ4n) is 5.49. The van der Waals surface area contributed by atoms with E-state index in [1.54, 1.807) is 6.07 Å². The summed E-state index contributed by atoms with van der Waals surface area (Å²) in [4.78, 5) is 0. The quantitative estimate of drug-likeness (QED) is 0.187. The molecule has 3 aromatic carbocycles. The third-order valence-corrected chi connectivity index (χ3v) is 7.83. The second-order valence-corrected chi connectivity index (χ2v) is 10.4. The molecule has 196 valence electrons. The normalized spacial score (nSPS) is 17.8. The molecule has 0 radical (unpaired) electrons. The highest BCUT2D eigenvalue weighted by Crippen LogP contribution is 2.39. The Morgan fingerprint density at radius 2 is 1.38 bits per heavy atom. The molecule has 1 nitrogen and oxygen atoms in total. The molecule has 4 rings (SSSR count). The Bertz CT molecular complexity index is 1140. The van der Waals surface area contributed by atoms with Crippen molar-refractivity contribution in [1.82, 2.24) is 0 Å². The van der Waals surface area contributed by atoms with Crippen molar-refractivity contribution in [2.24, 2.45) is 5.92 Å². The van der Waals surface area contributed by atoms with Crippen molar-refractivity contribution in [3.63, 3.8) is 0 Å². The van der Waals surface area contributed by atoms with Crippen LogP contribution in [0.2, 0.25) is 0 Å². The van der Waals surface area contributed by atoms with Crippen LogP contribution in [0.3, 0.4) is 0 Å². The predicted octanol–water partition coefficient (Wildman–Crippen LogP) is 9.84. The lowest BCUT2D eigenvalue weighted by molar-refractivity contribution is 0.349. The first kappa shape index (κ1) is 27.1. The second kappa shape index (κ2) is 13.6. The highest BCUT2D eigenvalue weighted by molar-refractivity contribution is 5.64. The topological polar surface area (TPSA) is 9.23 Å². The van der Waals surface area contributed by atoms with Crippen molar-refractivity contribution in [2.45, 2.75) is 77.0 Å². The Balaban J connectivity index is 1.21. The van der Waals surface area contributed by atoms with Gasteiger partial charge in [-0.05, 0) is 97.1 Å². The summed E-state index contributed by atoms with van der Waals surface area (Å²) >= 11 is 0. The van der Waals surface area contributed by atoms with Crippen molar-refractivity contribution in [3.05, 3.63) is 101 Å². The maximum absolute atomic E-state index is 14.5. The molecule has 0 heterocycles. The number of allylic oxidation sites excluding steroid dienone is 2. The number of aryl methyl sites for hydroxylation is 2. The number of hydrogen-bond acceptors (Lipinski definition) is 1. The lowest BCUT2D eigenvalue weighted by Crippen LogP contribution is -2.13. The van der Waals surface area contributed by atoms with E-state index in [9.17, 15) is 8.78 Å². The van der Waals surface area contributed by atoms with Gasteiger partial charge in [-0.3, -0.25) is 0 Å². The van der Waals surface area contributed by atoms with Crippen LogP contribution in [0.5, 0.6) is 5.75 Å². The third kappa shape index (κ3) is 7.31. The van der Waals surface area contributed by atoms with Crippen LogP contribution in [0.4, 0.5) is 8.78 Å². The van der Waals surface area contributed by atoms with Crippen molar-refractivity contribution in [2.75, 3.05) is 7.11 Å². The SMILES string of the molecule is CCCCCc1ccc(-c2ccc(CC/C=C/C3CCC(c4ccc(OC)c(F)c4F)CC3)cc2)cc1. The summed E-state index contributed by atoms with van der Waals surface area (Å²) in [5.74, 6) is -1.04. The van der Waals surface area contributed by atoms with E-state index in [1.165, 1.54) is 61.1 Å². The van der Waals surface area contributed by atoms with E-state index >= 15 is 0 Å². The number of benzene rings is 3. The molecule has 37 heavy (non-hydrogen) atoms. The lowest BCUT2D eigenvalue weighted by atomic mass is 9.78. The molecule has 0 saturated heterocycles. The minimum absolute atomic E-state index is 0.0284. The molecule has 0 atom stereocenters. The van der Waals surface area contributed by atoms with Gasteiger partial charge in [-0.1, -0.05) is 86.5 Å². The van der Waals surface area contributed by atoms with E-state index in [-0.39, 0.29) is 11.7 Å². The van der Waals surface area contributed by atoms with Gasteiger partial charge in [-0.15, -0.1) is 0 Å². The highest BCUT2D eigenvalue weighted by atomic mass is 19.2. The van der Waals surface area contributed by atoms with Gasteiger partial charge in [0.2, 0.25) is 5.82 Å². The first-order chi connectivity index (χ1) is 18.1. The van der Waals surface area contributed by atoms with E-state index in [1.807, 2.05) is 0 Å². The predicted molar refractivity (Wildman–Crippen MR) is 150 cm³/mol. The van der Waals surface area contributed by atoms with Gasteiger partial charge < -0.3 is 4.74 Å². The maximum atomic E-state index is 14.5. The summed E-state index contributed by atoms with van der Waals surface area (Å²) in [7, 11) is 1.36. The smallest absolute Gasteiger partial charge is 0.200 e. The van der Waals surface area contributed by atoms with E-state index in [4.69, 9.17) is 4.74 Å². The molecule has 1 aliphatic carbocycles. The molecule has 0 bridgehead atoms. The molecule has 0 aromatic heterocycles. The zero-order valence-electron chi connectivity index (χ0n) is 22.3. The van der Waals surface area contributed by atoms with Crippen molar-refractivity contribution in [1.29, 1.82) is 0 Å². The fraction of sp³-hybridized carbons (Fsp3) is 0.412. The van der Waals surface area contributed by atoms with E-state index in [2.05, 4.69) is 67.6 Å². The Labute approximate surface area is 221 Å². The van der Waals surface area contributed by atoms with Crippen LogP contribution in [0, 0.1) is 17.6 Å². The minimum atomic E-state index is -0.870. The zero-order chi connectivity index (χ0) is 26.0. The van der Waals surface area contributed by atoms with Gasteiger partial charge in [0.25, 0.3) is 0 Å². The van der Waals surface area contributed by atoms with E-state index < -0.39 is 11.6 Å². The third-order valence-electron chi connectivity index (χ3n) is 7.83. The Morgan fingerprint density at radius 1 is 0.757 bits per heavy atom. The van der Waals surface area contributed by atoms with Gasteiger partial charge in [0.1, 0.15) is 0 Å². The number of hydrogen-bond donors (Lipinski definition) is 0. The highest BCUT2D eigenvalue weighted by Gasteiger charge is 2.25. The summed E-state index contributed by atoms with van der Waals surface area (Å²) in [5.41, 5.74) is 5.82. The zero-order valence-corrected chi connectivity index (χ0v) is 22.3. The van der Waals surface area contributed by atoms with Gasteiger partial charge >= 0.3 is 0 Å². The molecule has 0 amide bonds. The molecule has 1 aliphatic rings. The van der Waals surface area contributed by atoms with Gasteiger partial charge in [0.15, 0.2) is 11.6 Å². The number of ether oxygens (including phenoxy) is 1. The van der Waals surface area contributed by atoms with Crippen LogP contribution in [0.15, 0.2) is 72.8 Å². The Morgan fingerprint density at radius 3 is 1.97 bits per heavy atom. The first-order valence-corrected chi connectivity index (χ1v) is 14.0. The Hall–Kier alpha value is -2.94. The summed E-state index contributed by atoms with van der Waals surface area (Å²) in [6.07, 6.45) is 15.5. The summed E-state index contributed by atoms with van der Waals surface area (Å²) in [6, 6.07) is 21.2. The molecular weight excluding hydrogens is 462 g/mol. The van der Waals surface area contributed by atoms with Crippen molar-refractivity contribution in [3.8, 4) is 16.9 Å². The van der Waals surface area contributed by atoms with Crippen LogP contribution in [-0.2, 0) is 12.8 Å².